The van der Waals surface area contributed by atoms with Crippen LogP contribution in [0.25, 0.3) is 11.1 Å². The van der Waals surface area contributed by atoms with Crippen molar-refractivity contribution in [2.45, 2.75) is 0 Å². The molecule has 0 bridgehead atoms. The van der Waals surface area contributed by atoms with Gasteiger partial charge in [0, 0.05) is 5.56 Å². The van der Waals surface area contributed by atoms with E-state index in [4.69, 9.17) is 11.7 Å². The maximum atomic E-state index is 5.64. The van der Waals surface area contributed by atoms with E-state index in [2.05, 4.69) is 0 Å². The lowest BCUT2D eigenvalue weighted by Gasteiger charge is -2.08. The first-order chi connectivity index (χ1) is 7.31. The SMILES string of the molecule is [CH]c1ccc(-c2ccccc2OC)cc1. The molecule has 0 saturated carbocycles. The minimum atomic E-state index is 0.772. The second-order valence-corrected chi connectivity index (χ2v) is 3.32. The van der Waals surface area contributed by atoms with Crippen LogP contribution < -0.4 is 4.74 Å². The van der Waals surface area contributed by atoms with E-state index in [0.29, 0.717) is 0 Å². The predicted octanol–water partition coefficient (Wildman–Crippen LogP) is 3.42. The third-order valence-corrected chi connectivity index (χ3v) is 2.33. The molecule has 0 spiro atoms. The van der Waals surface area contributed by atoms with Crippen LogP contribution >= 0.6 is 0 Å². The second-order valence-electron chi connectivity index (χ2n) is 3.32. The number of hydrogen-bond acceptors (Lipinski definition) is 1. The summed E-state index contributed by atoms with van der Waals surface area (Å²) in [5.41, 5.74) is 2.97. The molecular weight excluding hydrogens is 184 g/mol. The fraction of sp³-hybridized carbons (Fsp3) is 0.0714. The van der Waals surface area contributed by atoms with E-state index in [1.807, 2.05) is 48.5 Å². The van der Waals surface area contributed by atoms with E-state index in [-0.39, 0.29) is 0 Å². The first kappa shape index (κ1) is 9.78. The molecule has 0 amide bonds. The third kappa shape index (κ3) is 2.01. The average Bonchev–Trinajstić information content (AvgIpc) is 2.30. The molecule has 1 nitrogen and oxygen atoms in total. The van der Waals surface area contributed by atoms with Gasteiger partial charge >= 0.3 is 0 Å². The Bertz CT molecular complexity index is 443. The molecule has 0 aliphatic rings. The molecule has 15 heavy (non-hydrogen) atoms. The van der Waals surface area contributed by atoms with E-state index in [9.17, 15) is 0 Å². The zero-order valence-electron chi connectivity index (χ0n) is 8.60. The van der Waals surface area contributed by atoms with Gasteiger partial charge in [0.25, 0.3) is 0 Å². The molecule has 0 aliphatic carbocycles. The fourth-order valence-electron chi connectivity index (χ4n) is 1.55. The third-order valence-electron chi connectivity index (χ3n) is 2.33. The predicted molar refractivity (Wildman–Crippen MR) is 61.8 cm³/mol. The number of rotatable bonds is 2. The highest BCUT2D eigenvalue weighted by molar-refractivity contribution is 5.70. The summed E-state index contributed by atoms with van der Waals surface area (Å²) in [4.78, 5) is 0. The Labute approximate surface area is 90.3 Å². The van der Waals surface area contributed by atoms with Crippen molar-refractivity contribution >= 4 is 0 Å². The van der Waals surface area contributed by atoms with E-state index in [1.165, 1.54) is 0 Å². The number of benzene rings is 2. The first-order valence-corrected chi connectivity index (χ1v) is 4.80. The Morgan fingerprint density at radius 3 is 2.27 bits per heavy atom. The van der Waals surface area contributed by atoms with Gasteiger partial charge in [-0.2, -0.15) is 0 Å². The van der Waals surface area contributed by atoms with Crippen LogP contribution in [-0.2, 0) is 0 Å². The maximum Gasteiger partial charge on any atom is 0.126 e. The van der Waals surface area contributed by atoms with E-state index in [1.54, 1.807) is 7.11 Å². The zero-order valence-corrected chi connectivity index (χ0v) is 8.60. The molecule has 0 aliphatic heterocycles. The van der Waals surface area contributed by atoms with Gasteiger partial charge < -0.3 is 4.74 Å². The average molecular weight is 196 g/mol. The number of methoxy groups -OCH3 is 1. The van der Waals surface area contributed by atoms with E-state index < -0.39 is 0 Å². The number of hydrogen-bond donors (Lipinski definition) is 0. The zero-order chi connectivity index (χ0) is 10.7. The first-order valence-electron chi connectivity index (χ1n) is 4.80. The van der Waals surface area contributed by atoms with Crippen molar-refractivity contribution in [3.63, 3.8) is 0 Å². The summed E-state index contributed by atoms with van der Waals surface area (Å²) < 4.78 is 5.30. The quantitative estimate of drug-likeness (QED) is 0.715. The standard InChI is InChI=1S/C14H12O/c1-11-7-9-12(10-8-11)13-5-3-4-6-14(13)15-2/h1,3-10H,2H3. The Morgan fingerprint density at radius 2 is 1.60 bits per heavy atom. The van der Waals surface area contributed by atoms with Crippen LogP contribution in [0.1, 0.15) is 5.56 Å². The van der Waals surface area contributed by atoms with Gasteiger partial charge in [-0.1, -0.05) is 42.5 Å². The highest BCUT2D eigenvalue weighted by Gasteiger charge is 2.03. The molecule has 0 aromatic heterocycles. The molecule has 0 N–H and O–H groups in total. The molecule has 0 saturated heterocycles. The van der Waals surface area contributed by atoms with Crippen molar-refractivity contribution in [3.8, 4) is 16.9 Å². The van der Waals surface area contributed by atoms with Crippen LogP contribution in [-0.4, -0.2) is 7.11 Å². The van der Waals surface area contributed by atoms with Crippen LogP contribution in [0, 0.1) is 6.92 Å². The van der Waals surface area contributed by atoms with Gasteiger partial charge in [-0.15, -0.1) is 0 Å². The molecule has 0 heterocycles. The Hall–Kier alpha value is -1.76. The number of ether oxygens (including phenoxy) is 1. The lowest BCUT2D eigenvalue weighted by Crippen LogP contribution is -1.87. The highest BCUT2D eigenvalue weighted by Crippen LogP contribution is 2.29. The summed E-state index contributed by atoms with van der Waals surface area (Å²) in [5.74, 6) is 0.877. The summed E-state index contributed by atoms with van der Waals surface area (Å²) in [7, 11) is 1.68. The monoisotopic (exact) mass is 196 g/mol. The van der Waals surface area contributed by atoms with Gasteiger partial charge in [0.1, 0.15) is 5.75 Å². The molecule has 2 rings (SSSR count). The van der Waals surface area contributed by atoms with Gasteiger partial charge in [0.2, 0.25) is 0 Å². The van der Waals surface area contributed by atoms with Gasteiger partial charge in [-0.3, -0.25) is 0 Å². The topological polar surface area (TPSA) is 9.23 Å². The molecule has 2 aromatic carbocycles. The molecule has 0 atom stereocenters. The van der Waals surface area contributed by atoms with Crippen molar-refractivity contribution in [3.05, 3.63) is 61.0 Å². The van der Waals surface area contributed by atoms with Crippen LogP contribution in [0.5, 0.6) is 5.75 Å². The minimum Gasteiger partial charge on any atom is -0.496 e. The van der Waals surface area contributed by atoms with Crippen molar-refractivity contribution < 1.29 is 4.74 Å². The Balaban J connectivity index is 2.49. The fourth-order valence-corrected chi connectivity index (χ4v) is 1.55. The van der Waals surface area contributed by atoms with Crippen LogP contribution in [0.15, 0.2) is 48.5 Å². The lowest BCUT2D eigenvalue weighted by atomic mass is 10.0. The van der Waals surface area contributed by atoms with Gasteiger partial charge in [0.05, 0.1) is 7.11 Å². The molecule has 0 fully saturated rings. The largest absolute Gasteiger partial charge is 0.496 e. The second kappa shape index (κ2) is 4.18. The van der Waals surface area contributed by atoms with Crippen molar-refractivity contribution in [1.82, 2.24) is 0 Å². The minimum absolute atomic E-state index is 0.772. The van der Waals surface area contributed by atoms with E-state index >= 15 is 0 Å². The highest BCUT2D eigenvalue weighted by atomic mass is 16.5. The normalized spacial score (nSPS) is 10.0. The number of para-hydroxylation sites is 1. The molecule has 74 valence electrons. The van der Waals surface area contributed by atoms with Crippen LogP contribution in [0.4, 0.5) is 0 Å². The summed E-state index contributed by atoms with van der Waals surface area (Å²) >= 11 is 0. The smallest absolute Gasteiger partial charge is 0.126 e. The molecular formula is C14H12O. The van der Waals surface area contributed by atoms with Crippen molar-refractivity contribution in [1.29, 1.82) is 0 Å². The van der Waals surface area contributed by atoms with Gasteiger partial charge in [0.15, 0.2) is 0 Å². The molecule has 0 unspecified atom stereocenters. The molecule has 2 radical (unpaired) electrons. The van der Waals surface area contributed by atoms with E-state index in [0.717, 1.165) is 22.4 Å². The summed E-state index contributed by atoms with van der Waals surface area (Å²) in [6.07, 6.45) is 0. The maximum absolute atomic E-state index is 5.64. The Morgan fingerprint density at radius 1 is 0.933 bits per heavy atom. The summed E-state index contributed by atoms with van der Waals surface area (Å²) in [6, 6.07) is 15.7. The lowest BCUT2D eigenvalue weighted by molar-refractivity contribution is 0.416. The molecule has 1 heteroatoms. The van der Waals surface area contributed by atoms with Crippen molar-refractivity contribution in [2.24, 2.45) is 0 Å². The van der Waals surface area contributed by atoms with Crippen LogP contribution in [0.3, 0.4) is 0 Å². The van der Waals surface area contributed by atoms with Crippen molar-refractivity contribution in [2.75, 3.05) is 7.11 Å². The van der Waals surface area contributed by atoms with Gasteiger partial charge in [-0.25, -0.2) is 0 Å². The van der Waals surface area contributed by atoms with Gasteiger partial charge in [-0.05, 0) is 24.1 Å². The Kier molecular flexibility index (Phi) is 2.72. The summed E-state index contributed by atoms with van der Waals surface area (Å²) in [6.45, 7) is 5.64. The molecule has 2 aromatic rings. The van der Waals surface area contributed by atoms with Crippen LogP contribution in [0.2, 0.25) is 0 Å². The summed E-state index contributed by atoms with van der Waals surface area (Å²) in [5, 5.41) is 0.